The molecule has 378 valence electrons. The van der Waals surface area contributed by atoms with Gasteiger partial charge in [-0.1, -0.05) is 134 Å². The van der Waals surface area contributed by atoms with Gasteiger partial charge in [0.2, 0.25) is 35.4 Å². The van der Waals surface area contributed by atoms with E-state index in [1.54, 1.807) is 37.7 Å². The van der Waals surface area contributed by atoms with Gasteiger partial charge in [0.1, 0.15) is 24.2 Å². The van der Waals surface area contributed by atoms with Crippen molar-refractivity contribution in [3.05, 3.63) is 144 Å². The third kappa shape index (κ3) is 13.1. The number of carbonyl (C=O) groups excluding carboxylic acids is 6. The maximum Gasteiger partial charge on any atom is 0.247 e. The summed E-state index contributed by atoms with van der Waals surface area (Å²) in [7, 11) is 5.40. The Labute approximate surface area is 419 Å². The zero-order valence-corrected chi connectivity index (χ0v) is 41.9. The second-order valence-corrected chi connectivity index (χ2v) is 19.5. The molecule has 8 atom stereocenters. The maximum absolute atomic E-state index is 13.8. The van der Waals surface area contributed by atoms with Gasteiger partial charge in [0.15, 0.2) is 0 Å². The lowest BCUT2D eigenvalue weighted by Gasteiger charge is -2.38. The molecule has 4 aliphatic rings. The van der Waals surface area contributed by atoms with Gasteiger partial charge < -0.3 is 46.6 Å². The van der Waals surface area contributed by atoms with Crippen LogP contribution in [-0.2, 0) is 28.8 Å². The highest BCUT2D eigenvalue weighted by Crippen LogP contribution is 2.34. The van der Waals surface area contributed by atoms with Crippen LogP contribution in [0.1, 0.15) is 106 Å². The molecule has 0 radical (unpaired) electrons. The fraction of sp³-hybridized carbons (Fsp3) is 0.464. The van der Waals surface area contributed by atoms with Gasteiger partial charge in [-0.25, -0.2) is 0 Å². The summed E-state index contributed by atoms with van der Waals surface area (Å²) in [5.41, 5.74) is 3.95. The fourth-order valence-electron chi connectivity index (χ4n) is 10.5. The van der Waals surface area contributed by atoms with Crippen LogP contribution >= 0.6 is 0 Å². The average Bonchev–Trinajstić information content (AvgIpc) is 4.03. The van der Waals surface area contributed by atoms with Crippen molar-refractivity contribution in [3.63, 3.8) is 0 Å². The van der Waals surface area contributed by atoms with E-state index in [1.165, 1.54) is 0 Å². The van der Waals surface area contributed by atoms with Gasteiger partial charge in [0.05, 0.1) is 24.2 Å². The van der Waals surface area contributed by atoms with E-state index in [0.29, 0.717) is 25.8 Å². The van der Waals surface area contributed by atoms with Gasteiger partial charge in [-0.2, -0.15) is 0 Å². The molecule has 8 rings (SSSR count). The highest BCUT2D eigenvalue weighted by molar-refractivity contribution is 5.95. The minimum atomic E-state index is -0.700. The molecule has 4 aromatic rings. The molecule has 0 spiro atoms. The van der Waals surface area contributed by atoms with E-state index in [2.05, 4.69) is 36.8 Å². The molecule has 71 heavy (non-hydrogen) atoms. The molecule has 15 heteroatoms. The van der Waals surface area contributed by atoms with Gasteiger partial charge in [0, 0.05) is 18.6 Å². The lowest BCUT2D eigenvalue weighted by atomic mass is 9.98. The van der Waals surface area contributed by atoms with Gasteiger partial charge in [-0.05, 0) is 109 Å². The van der Waals surface area contributed by atoms with E-state index >= 15 is 0 Å². The minimum Gasteiger partial charge on any atom is -0.343 e. The Morgan fingerprint density at radius 1 is 0.493 bits per heavy atom. The Hall–Kier alpha value is -6.42. The molecule has 0 bridgehead atoms. The van der Waals surface area contributed by atoms with Crippen molar-refractivity contribution in [2.24, 2.45) is 0 Å². The molecular formula is C56H73N9O6. The van der Waals surface area contributed by atoms with E-state index in [4.69, 9.17) is 0 Å². The number of likely N-dealkylation sites (N-methyl/N-ethyl adjacent to an activating group) is 3. The first-order valence-electron chi connectivity index (χ1n) is 25.5. The standard InChI is InChI=1S/C28H37N5O3.C28H36N4O3/c1-19(29-2)26(34)30-23-18-32(3)17-16-22-14-15-24(33(22)28(23)36)27(35)31-25(20-10-6-4-7-11-20)21-12-8-5-9-13-21;1-19(29-2)26(33)30-23-16-10-9-15-22-17-18-24(32(22)28(23)35)27(34)31-25(20-11-5-3-6-12-20)21-13-7-4-8-14-21/h4-13,19,22-25,29H,14-18H2,1-3H3,(H,30,34)(H,31,35);3-8,11-14,19,22-25,29H,9-10,15-18H2,1-2H3,(H,30,33)(H,31,34)/t19-,22+,23?,24-;19-,22-,23?,24-/m00/s1. The number of benzene rings is 4. The molecule has 6 N–H and O–H groups in total. The van der Waals surface area contributed by atoms with E-state index < -0.39 is 30.2 Å². The van der Waals surface area contributed by atoms with Gasteiger partial charge in [0.25, 0.3) is 0 Å². The van der Waals surface area contributed by atoms with Gasteiger partial charge >= 0.3 is 0 Å². The Morgan fingerprint density at radius 3 is 1.27 bits per heavy atom. The summed E-state index contributed by atoms with van der Waals surface area (Å²) in [5.74, 6) is -1.05. The van der Waals surface area contributed by atoms with Crippen LogP contribution in [0.25, 0.3) is 0 Å². The molecule has 0 aliphatic carbocycles. The van der Waals surface area contributed by atoms with Crippen LogP contribution in [0.2, 0.25) is 0 Å². The molecule has 2 unspecified atom stereocenters. The Bertz CT molecular complexity index is 2320. The zero-order valence-electron chi connectivity index (χ0n) is 41.9. The normalized spacial score (nSPS) is 23.4. The third-order valence-corrected chi connectivity index (χ3v) is 14.7. The van der Waals surface area contributed by atoms with Crippen molar-refractivity contribution in [2.45, 2.75) is 132 Å². The van der Waals surface area contributed by atoms with E-state index in [0.717, 1.165) is 67.3 Å². The first kappa shape index (κ1) is 52.4. The Kier molecular flexibility index (Phi) is 18.5. The second kappa shape index (κ2) is 25.1. The van der Waals surface area contributed by atoms with Crippen LogP contribution < -0.4 is 31.9 Å². The van der Waals surface area contributed by atoms with Crippen molar-refractivity contribution in [1.82, 2.24) is 46.6 Å². The van der Waals surface area contributed by atoms with Crippen LogP contribution in [0.3, 0.4) is 0 Å². The Balaban J connectivity index is 0.000000209. The summed E-state index contributed by atoms with van der Waals surface area (Å²) < 4.78 is 0. The first-order chi connectivity index (χ1) is 34.4. The summed E-state index contributed by atoms with van der Waals surface area (Å²) in [6, 6.07) is 35.7. The van der Waals surface area contributed by atoms with E-state index in [9.17, 15) is 28.8 Å². The quantitative estimate of drug-likeness (QED) is 0.105. The summed E-state index contributed by atoms with van der Waals surface area (Å²) in [6.07, 6.45) is 6.97. The largest absolute Gasteiger partial charge is 0.343 e. The van der Waals surface area contributed by atoms with Crippen molar-refractivity contribution in [1.29, 1.82) is 0 Å². The highest BCUT2D eigenvalue weighted by Gasteiger charge is 2.46. The molecule has 0 aromatic heterocycles. The summed E-state index contributed by atoms with van der Waals surface area (Å²) in [6.45, 7) is 4.74. The molecule has 4 fully saturated rings. The summed E-state index contributed by atoms with van der Waals surface area (Å²) >= 11 is 0. The van der Waals surface area contributed by atoms with Crippen LogP contribution in [0.5, 0.6) is 0 Å². The molecule has 4 saturated heterocycles. The number of hydrogen-bond acceptors (Lipinski definition) is 9. The van der Waals surface area contributed by atoms with Crippen LogP contribution in [0, 0.1) is 0 Å². The smallest absolute Gasteiger partial charge is 0.247 e. The zero-order chi connectivity index (χ0) is 50.4. The second-order valence-electron chi connectivity index (χ2n) is 19.5. The van der Waals surface area contributed by atoms with Crippen molar-refractivity contribution < 1.29 is 28.8 Å². The van der Waals surface area contributed by atoms with Gasteiger partial charge in [-0.3, -0.25) is 28.8 Å². The van der Waals surface area contributed by atoms with E-state index in [-0.39, 0.29) is 65.7 Å². The minimum absolute atomic E-state index is 0.0240. The lowest BCUT2D eigenvalue weighted by Crippen LogP contribution is -2.61. The van der Waals surface area contributed by atoms with E-state index in [1.807, 2.05) is 128 Å². The van der Waals surface area contributed by atoms with Crippen LogP contribution in [0.15, 0.2) is 121 Å². The van der Waals surface area contributed by atoms with Gasteiger partial charge in [-0.15, -0.1) is 0 Å². The number of rotatable bonds is 14. The Morgan fingerprint density at radius 2 is 0.859 bits per heavy atom. The monoisotopic (exact) mass is 968 g/mol. The highest BCUT2D eigenvalue weighted by atomic mass is 16.2. The number of amides is 6. The molecule has 4 heterocycles. The number of carbonyl (C=O) groups is 6. The maximum atomic E-state index is 13.8. The van der Waals surface area contributed by atoms with Crippen LogP contribution in [-0.4, -0.2) is 133 Å². The molecule has 0 saturated carbocycles. The predicted molar refractivity (Wildman–Crippen MR) is 275 cm³/mol. The molecule has 4 aromatic carbocycles. The first-order valence-corrected chi connectivity index (χ1v) is 25.5. The molecular weight excluding hydrogens is 895 g/mol. The molecule has 15 nitrogen and oxygen atoms in total. The number of nitrogens with zero attached hydrogens (tertiary/aromatic N) is 3. The van der Waals surface area contributed by atoms with Crippen LogP contribution in [0.4, 0.5) is 0 Å². The summed E-state index contributed by atoms with van der Waals surface area (Å²) in [5, 5.41) is 18.2. The fourth-order valence-corrected chi connectivity index (χ4v) is 10.5. The van der Waals surface area contributed by atoms with Crippen molar-refractivity contribution in [2.75, 3.05) is 34.2 Å². The number of nitrogens with one attached hydrogen (secondary N) is 6. The van der Waals surface area contributed by atoms with Crippen molar-refractivity contribution >= 4 is 35.4 Å². The number of hydrogen-bond donors (Lipinski definition) is 6. The summed E-state index contributed by atoms with van der Waals surface area (Å²) in [4.78, 5) is 85.6. The predicted octanol–water partition coefficient (Wildman–Crippen LogP) is 4.60. The van der Waals surface area contributed by atoms with Crippen molar-refractivity contribution in [3.8, 4) is 0 Å². The SMILES string of the molecule is CN[C@@H](C)C(=O)NC1CCCC[C@H]2CC[C@@H](C(=O)NC(c3ccccc3)c3ccccc3)N2C1=O.CN[C@@H](C)C(=O)NC1CN(C)CC[C@H]2CC[C@@H](C(=O)NC(c3ccccc3)c3ccccc3)N2C1=O. The topological polar surface area (TPSA) is 184 Å². The molecule has 6 amide bonds. The number of fused-ring (bicyclic) bond motifs is 2. The third-order valence-electron chi connectivity index (χ3n) is 14.7. The average molecular weight is 968 g/mol. The molecule has 4 aliphatic heterocycles. The lowest BCUT2D eigenvalue weighted by molar-refractivity contribution is -0.145.